The maximum Gasteiger partial charge on any atom is 0.417 e. The van der Waals surface area contributed by atoms with Crippen molar-refractivity contribution in [3.63, 3.8) is 0 Å². The molecule has 0 unspecified atom stereocenters. The minimum atomic E-state index is -4.37. The van der Waals surface area contributed by atoms with E-state index in [1.165, 1.54) is 18.5 Å². The van der Waals surface area contributed by atoms with Crippen LogP contribution in [0.15, 0.2) is 36.8 Å². The molecule has 0 aliphatic heterocycles. The molecule has 0 amide bonds. The van der Waals surface area contributed by atoms with Gasteiger partial charge in [0.15, 0.2) is 5.82 Å². The summed E-state index contributed by atoms with van der Waals surface area (Å²) in [6.45, 7) is 0. The Morgan fingerprint density at radius 2 is 1.62 bits per heavy atom. The third-order valence-corrected chi connectivity index (χ3v) is 1.89. The molecule has 0 saturated carbocycles. The molecule has 2 aromatic rings. The van der Waals surface area contributed by atoms with Crippen molar-refractivity contribution in [1.82, 2.24) is 15.0 Å². The minimum absolute atomic E-state index is 0.302. The van der Waals surface area contributed by atoms with E-state index in [-0.39, 0.29) is 0 Å². The Bertz CT molecular complexity index is 465. The summed E-state index contributed by atoms with van der Waals surface area (Å²) in [5.74, 6) is 0.302. The summed E-state index contributed by atoms with van der Waals surface area (Å²) in [6.07, 6.45) is -0.599. The van der Waals surface area contributed by atoms with E-state index < -0.39 is 11.7 Å². The topological polar surface area (TPSA) is 38.7 Å². The molecule has 2 heterocycles. The third kappa shape index (κ3) is 2.16. The smallest absolute Gasteiger partial charge is 0.252 e. The highest BCUT2D eigenvalue weighted by molar-refractivity contribution is 5.48. The Morgan fingerprint density at radius 1 is 0.938 bits per heavy atom. The summed E-state index contributed by atoms with van der Waals surface area (Å²) in [5, 5.41) is 0. The molecule has 0 fully saturated rings. The Balaban J connectivity index is 2.34. The van der Waals surface area contributed by atoms with Crippen molar-refractivity contribution < 1.29 is 13.2 Å². The highest BCUT2D eigenvalue weighted by Gasteiger charge is 2.30. The van der Waals surface area contributed by atoms with Gasteiger partial charge in [-0.05, 0) is 18.2 Å². The molecule has 0 spiro atoms. The lowest BCUT2D eigenvalue weighted by Crippen LogP contribution is -2.05. The average Bonchev–Trinajstić information content (AvgIpc) is 2.29. The molecule has 0 saturated heterocycles. The summed E-state index contributed by atoms with van der Waals surface area (Å²) >= 11 is 0. The number of aromatic nitrogens is 3. The van der Waals surface area contributed by atoms with Crippen LogP contribution in [0.3, 0.4) is 0 Å². The van der Waals surface area contributed by atoms with Crippen molar-refractivity contribution >= 4 is 0 Å². The van der Waals surface area contributed by atoms with Crippen molar-refractivity contribution in [2.24, 2.45) is 0 Å². The van der Waals surface area contributed by atoms with Crippen LogP contribution in [0.4, 0.5) is 13.2 Å². The van der Waals surface area contributed by atoms with Crippen molar-refractivity contribution in [1.29, 1.82) is 0 Å². The fourth-order valence-electron chi connectivity index (χ4n) is 1.13. The van der Waals surface area contributed by atoms with Crippen molar-refractivity contribution in [2.75, 3.05) is 0 Å². The lowest BCUT2D eigenvalue weighted by molar-refractivity contribution is -0.137. The van der Waals surface area contributed by atoms with Gasteiger partial charge in [-0.25, -0.2) is 9.97 Å². The first-order valence-electron chi connectivity index (χ1n) is 4.38. The van der Waals surface area contributed by atoms with Crippen molar-refractivity contribution in [3.8, 4) is 11.5 Å². The van der Waals surface area contributed by atoms with Crippen LogP contribution >= 0.6 is 0 Å². The van der Waals surface area contributed by atoms with E-state index in [1.807, 2.05) is 0 Å². The van der Waals surface area contributed by atoms with E-state index in [1.54, 1.807) is 6.07 Å². The number of halogens is 3. The molecule has 16 heavy (non-hydrogen) atoms. The molecule has 82 valence electrons. The molecular weight excluding hydrogens is 219 g/mol. The fraction of sp³-hybridized carbons (Fsp3) is 0.100. The van der Waals surface area contributed by atoms with Gasteiger partial charge in [-0.15, -0.1) is 0 Å². The quantitative estimate of drug-likeness (QED) is 0.748. The van der Waals surface area contributed by atoms with Crippen molar-refractivity contribution in [2.45, 2.75) is 6.18 Å². The number of hydrogen-bond acceptors (Lipinski definition) is 3. The van der Waals surface area contributed by atoms with Crippen molar-refractivity contribution in [3.05, 3.63) is 42.4 Å². The molecule has 3 nitrogen and oxygen atoms in total. The SMILES string of the molecule is FC(F)(F)c1ccc(-c2ncccn2)nc1. The van der Waals surface area contributed by atoms with Gasteiger partial charge in [0.25, 0.3) is 0 Å². The van der Waals surface area contributed by atoms with E-state index in [2.05, 4.69) is 15.0 Å². The zero-order valence-electron chi connectivity index (χ0n) is 7.94. The molecule has 2 rings (SSSR count). The summed E-state index contributed by atoms with van der Waals surface area (Å²) < 4.78 is 36.8. The highest BCUT2D eigenvalue weighted by Crippen LogP contribution is 2.29. The molecule has 0 N–H and O–H groups in total. The zero-order valence-corrected chi connectivity index (χ0v) is 7.94. The number of hydrogen-bond donors (Lipinski definition) is 0. The summed E-state index contributed by atoms with van der Waals surface area (Å²) in [5.41, 5.74) is -0.471. The molecule has 0 aromatic carbocycles. The summed E-state index contributed by atoms with van der Waals surface area (Å²) in [4.78, 5) is 11.4. The molecule has 0 bridgehead atoms. The highest BCUT2D eigenvalue weighted by atomic mass is 19.4. The first-order valence-corrected chi connectivity index (χ1v) is 4.38. The van der Waals surface area contributed by atoms with Gasteiger partial charge in [-0.1, -0.05) is 0 Å². The number of alkyl halides is 3. The van der Waals surface area contributed by atoms with Crippen LogP contribution in [-0.4, -0.2) is 15.0 Å². The molecule has 0 aliphatic rings. The summed E-state index contributed by atoms with van der Waals surface area (Å²) in [7, 11) is 0. The molecule has 0 aliphatic carbocycles. The predicted molar refractivity (Wildman–Crippen MR) is 50.3 cm³/mol. The van der Waals surface area contributed by atoms with Gasteiger partial charge in [0.1, 0.15) is 5.69 Å². The van der Waals surface area contributed by atoms with Crippen LogP contribution < -0.4 is 0 Å². The monoisotopic (exact) mass is 225 g/mol. The second-order valence-corrected chi connectivity index (χ2v) is 3.00. The third-order valence-electron chi connectivity index (χ3n) is 1.89. The fourth-order valence-corrected chi connectivity index (χ4v) is 1.13. The van der Waals surface area contributed by atoms with Crippen LogP contribution in [0.25, 0.3) is 11.5 Å². The van der Waals surface area contributed by atoms with E-state index in [9.17, 15) is 13.2 Å². The number of nitrogens with zero attached hydrogens (tertiary/aromatic N) is 3. The van der Waals surface area contributed by atoms with Crippen LogP contribution in [-0.2, 0) is 6.18 Å². The van der Waals surface area contributed by atoms with E-state index >= 15 is 0 Å². The maximum absolute atomic E-state index is 12.3. The van der Waals surface area contributed by atoms with Gasteiger partial charge in [0.2, 0.25) is 0 Å². The zero-order chi connectivity index (χ0) is 11.6. The Labute approximate surface area is 89.0 Å². The van der Waals surface area contributed by atoms with Crippen LogP contribution in [0.5, 0.6) is 0 Å². The average molecular weight is 225 g/mol. The first kappa shape index (κ1) is 10.5. The second-order valence-electron chi connectivity index (χ2n) is 3.00. The largest absolute Gasteiger partial charge is 0.417 e. The van der Waals surface area contributed by atoms with E-state index in [0.29, 0.717) is 11.5 Å². The lowest BCUT2D eigenvalue weighted by atomic mass is 10.2. The van der Waals surface area contributed by atoms with Gasteiger partial charge in [-0.2, -0.15) is 13.2 Å². The predicted octanol–water partition coefficient (Wildman–Crippen LogP) is 2.56. The van der Waals surface area contributed by atoms with Crippen LogP contribution in [0.1, 0.15) is 5.56 Å². The van der Waals surface area contributed by atoms with Gasteiger partial charge >= 0.3 is 6.18 Å². The Morgan fingerprint density at radius 3 is 2.12 bits per heavy atom. The number of pyridine rings is 1. The van der Waals surface area contributed by atoms with Gasteiger partial charge < -0.3 is 0 Å². The standard InChI is InChI=1S/C10H6F3N3/c11-10(12,13)7-2-3-8(16-6-7)9-14-4-1-5-15-9/h1-6H. The van der Waals surface area contributed by atoms with E-state index in [4.69, 9.17) is 0 Å². The first-order chi connectivity index (χ1) is 7.57. The summed E-state index contributed by atoms with van der Waals surface area (Å²) in [6, 6.07) is 3.82. The molecule has 6 heteroatoms. The molecule has 2 aromatic heterocycles. The normalized spacial score (nSPS) is 11.4. The van der Waals surface area contributed by atoms with Crippen LogP contribution in [0, 0.1) is 0 Å². The second kappa shape index (κ2) is 3.88. The maximum atomic E-state index is 12.3. The molecule has 0 atom stereocenters. The Hall–Kier alpha value is -1.98. The van der Waals surface area contributed by atoms with Crippen LogP contribution in [0.2, 0.25) is 0 Å². The molecular formula is C10H6F3N3. The van der Waals surface area contributed by atoms with E-state index in [0.717, 1.165) is 12.3 Å². The number of rotatable bonds is 1. The van der Waals surface area contributed by atoms with Gasteiger partial charge in [0.05, 0.1) is 5.56 Å². The van der Waals surface area contributed by atoms with Gasteiger partial charge in [-0.3, -0.25) is 4.98 Å². The Kier molecular flexibility index (Phi) is 2.55. The lowest BCUT2D eigenvalue weighted by Gasteiger charge is -2.05. The molecule has 0 radical (unpaired) electrons. The van der Waals surface area contributed by atoms with Gasteiger partial charge in [0, 0.05) is 18.6 Å². The minimum Gasteiger partial charge on any atom is -0.252 e.